The third kappa shape index (κ3) is 5.87. The van der Waals surface area contributed by atoms with Gasteiger partial charge in [0.05, 0.1) is 0 Å². The van der Waals surface area contributed by atoms with Gasteiger partial charge in [-0.05, 0) is 35.7 Å². The first-order chi connectivity index (χ1) is 11.8. The molecular weight excluding hydrogens is 335 g/mol. The van der Waals surface area contributed by atoms with Crippen molar-refractivity contribution in [2.75, 3.05) is 11.9 Å². The maximum Gasteiger partial charge on any atom is 0.221 e. The van der Waals surface area contributed by atoms with Crippen LogP contribution in [0.2, 0.25) is 0 Å². The van der Waals surface area contributed by atoms with Gasteiger partial charge in [-0.2, -0.15) is 0 Å². The number of carbonyl (C=O) groups excluding carboxylic acids is 1. The molecule has 1 atom stereocenters. The zero-order valence-electron chi connectivity index (χ0n) is 15.1. The summed E-state index contributed by atoms with van der Waals surface area (Å²) in [5.74, 6) is -0.104. The van der Waals surface area contributed by atoms with E-state index in [-0.39, 0.29) is 12.5 Å². The lowest BCUT2D eigenvalue weighted by atomic mass is 9.95. The molecule has 5 heteroatoms. The number of benzene rings is 2. The molecular formula is C20H25FN2OS. The Morgan fingerprint density at radius 2 is 1.84 bits per heavy atom. The molecule has 0 fully saturated rings. The van der Waals surface area contributed by atoms with Crippen LogP contribution in [0.4, 0.5) is 10.1 Å². The molecule has 0 bridgehead atoms. The van der Waals surface area contributed by atoms with E-state index in [0.717, 1.165) is 16.8 Å². The third-order valence-corrected chi connectivity index (χ3v) is 4.51. The van der Waals surface area contributed by atoms with Crippen molar-refractivity contribution in [3.63, 3.8) is 0 Å². The summed E-state index contributed by atoms with van der Waals surface area (Å²) in [4.78, 5) is 11.2. The molecule has 2 aromatic rings. The fraction of sp³-hybridized carbons (Fsp3) is 0.350. The normalized spacial score (nSPS) is 13.5. The van der Waals surface area contributed by atoms with Crippen molar-refractivity contribution < 1.29 is 9.18 Å². The standard InChI is InChI=1S/C20H25FN2OS/c1-14(2)25-22-13-20(4,21)18-10-8-16(9-11-18)17-6-5-7-19(12-17)23-15(3)24/h5-12,14,22H,13H2,1-4H3,(H,23,24). The minimum Gasteiger partial charge on any atom is -0.326 e. The molecule has 1 unspecified atom stereocenters. The average Bonchev–Trinajstić information content (AvgIpc) is 2.54. The SMILES string of the molecule is CC(=O)Nc1cccc(-c2ccc(C(C)(F)CNSC(C)C)cc2)c1. The lowest BCUT2D eigenvalue weighted by Gasteiger charge is -2.22. The topological polar surface area (TPSA) is 41.1 Å². The van der Waals surface area contributed by atoms with Crippen LogP contribution in [-0.4, -0.2) is 17.7 Å². The molecule has 0 saturated heterocycles. The Hall–Kier alpha value is -1.85. The minimum atomic E-state index is -1.43. The maximum absolute atomic E-state index is 14.9. The second-order valence-electron chi connectivity index (χ2n) is 6.52. The van der Waals surface area contributed by atoms with E-state index in [9.17, 15) is 9.18 Å². The van der Waals surface area contributed by atoms with Gasteiger partial charge in [-0.25, -0.2) is 4.39 Å². The summed E-state index contributed by atoms with van der Waals surface area (Å²) in [6.45, 7) is 7.46. The van der Waals surface area contributed by atoms with Crippen LogP contribution in [-0.2, 0) is 10.5 Å². The molecule has 0 aliphatic rings. The summed E-state index contributed by atoms with van der Waals surface area (Å²) in [5, 5.41) is 3.18. The van der Waals surface area contributed by atoms with E-state index in [2.05, 4.69) is 23.9 Å². The molecule has 3 nitrogen and oxygen atoms in total. The first-order valence-electron chi connectivity index (χ1n) is 8.34. The highest BCUT2D eigenvalue weighted by atomic mass is 32.2. The predicted octanol–water partition coefficient (Wildman–Crippen LogP) is 5.14. The van der Waals surface area contributed by atoms with Crippen molar-refractivity contribution in [1.82, 2.24) is 4.72 Å². The maximum atomic E-state index is 14.9. The van der Waals surface area contributed by atoms with Crippen LogP contribution in [0.5, 0.6) is 0 Å². The van der Waals surface area contributed by atoms with Gasteiger partial charge in [0.2, 0.25) is 5.91 Å². The van der Waals surface area contributed by atoms with Crippen LogP contribution < -0.4 is 10.0 Å². The van der Waals surface area contributed by atoms with E-state index in [4.69, 9.17) is 0 Å². The van der Waals surface area contributed by atoms with Gasteiger partial charge in [0.1, 0.15) is 5.67 Å². The van der Waals surface area contributed by atoms with Gasteiger partial charge < -0.3 is 5.32 Å². The molecule has 0 aliphatic heterocycles. The molecule has 0 radical (unpaired) electrons. The first kappa shape index (κ1) is 19.5. The molecule has 0 spiro atoms. The highest BCUT2D eigenvalue weighted by Crippen LogP contribution is 2.29. The largest absolute Gasteiger partial charge is 0.326 e. The number of carbonyl (C=O) groups is 1. The van der Waals surface area contributed by atoms with Crippen molar-refractivity contribution in [2.24, 2.45) is 0 Å². The van der Waals surface area contributed by atoms with E-state index >= 15 is 0 Å². The Kier molecular flexibility index (Phi) is 6.62. The Balaban J connectivity index is 2.12. The van der Waals surface area contributed by atoms with E-state index in [1.54, 1.807) is 6.92 Å². The van der Waals surface area contributed by atoms with Crippen LogP contribution in [0.15, 0.2) is 48.5 Å². The molecule has 0 aliphatic carbocycles. The number of nitrogens with one attached hydrogen (secondary N) is 2. The van der Waals surface area contributed by atoms with Gasteiger partial charge in [0.25, 0.3) is 0 Å². The van der Waals surface area contributed by atoms with E-state index < -0.39 is 5.67 Å². The number of alkyl halides is 1. The quantitative estimate of drug-likeness (QED) is 0.672. The number of amides is 1. The minimum absolute atomic E-state index is 0.104. The molecule has 2 rings (SSSR count). The van der Waals surface area contributed by atoms with Crippen molar-refractivity contribution in [2.45, 2.75) is 38.6 Å². The van der Waals surface area contributed by atoms with Crippen LogP contribution in [0.3, 0.4) is 0 Å². The van der Waals surface area contributed by atoms with E-state index in [1.165, 1.54) is 18.9 Å². The third-order valence-electron chi connectivity index (χ3n) is 3.73. The molecule has 0 saturated carbocycles. The summed E-state index contributed by atoms with van der Waals surface area (Å²) in [7, 11) is 0. The fourth-order valence-corrected chi connectivity index (χ4v) is 3.12. The van der Waals surface area contributed by atoms with Crippen LogP contribution in [0.1, 0.15) is 33.3 Å². The monoisotopic (exact) mass is 360 g/mol. The van der Waals surface area contributed by atoms with Crippen molar-refractivity contribution in [3.8, 4) is 11.1 Å². The molecule has 134 valence electrons. The van der Waals surface area contributed by atoms with Gasteiger partial charge in [-0.15, -0.1) is 0 Å². The highest BCUT2D eigenvalue weighted by Gasteiger charge is 2.25. The predicted molar refractivity (Wildman–Crippen MR) is 105 cm³/mol. The van der Waals surface area contributed by atoms with Crippen LogP contribution in [0, 0.1) is 0 Å². The molecule has 2 N–H and O–H groups in total. The Bertz CT molecular complexity index is 714. The molecule has 1 amide bonds. The van der Waals surface area contributed by atoms with Gasteiger partial charge in [-0.1, -0.05) is 62.2 Å². The smallest absolute Gasteiger partial charge is 0.221 e. The van der Waals surface area contributed by atoms with Gasteiger partial charge >= 0.3 is 0 Å². The Morgan fingerprint density at radius 3 is 2.44 bits per heavy atom. The summed E-state index contributed by atoms with van der Waals surface area (Å²) in [6.07, 6.45) is 0. The fourth-order valence-electron chi connectivity index (χ4n) is 2.44. The Labute approximate surface area is 153 Å². The molecule has 0 heterocycles. The molecule has 25 heavy (non-hydrogen) atoms. The summed E-state index contributed by atoms with van der Waals surface area (Å²) in [6, 6.07) is 15.1. The summed E-state index contributed by atoms with van der Waals surface area (Å²) < 4.78 is 18.0. The first-order valence-corrected chi connectivity index (χ1v) is 9.22. The zero-order chi connectivity index (χ0) is 18.4. The number of anilines is 1. The van der Waals surface area contributed by atoms with Crippen molar-refractivity contribution in [1.29, 1.82) is 0 Å². The summed E-state index contributed by atoms with van der Waals surface area (Å²) in [5.41, 5.74) is 1.92. The Morgan fingerprint density at radius 1 is 1.16 bits per heavy atom. The number of rotatable bonds is 7. The van der Waals surface area contributed by atoms with Gasteiger partial charge in [-0.3, -0.25) is 9.52 Å². The van der Waals surface area contributed by atoms with Crippen molar-refractivity contribution in [3.05, 3.63) is 54.1 Å². The lowest BCUT2D eigenvalue weighted by Crippen LogP contribution is -2.29. The molecule has 0 aromatic heterocycles. The lowest BCUT2D eigenvalue weighted by molar-refractivity contribution is -0.114. The second-order valence-corrected chi connectivity index (χ2v) is 7.99. The van der Waals surface area contributed by atoms with Gasteiger partial charge in [0, 0.05) is 24.4 Å². The zero-order valence-corrected chi connectivity index (χ0v) is 15.9. The molecule has 2 aromatic carbocycles. The number of hydrogen-bond acceptors (Lipinski definition) is 3. The highest BCUT2D eigenvalue weighted by molar-refractivity contribution is 7.97. The second kappa shape index (κ2) is 8.50. The van der Waals surface area contributed by atoms with Crippen LogP contribution in [0.25, 0.3) is 11.1 Å². The van der Waals surface area contributed by atoms with E-state index in [0.29, 0.717) is 10.8 Å². The van der Waals surface area contributed by atoms with E-state index in [1.807, 2.05) is 48.5 Å². The average molecular weight is 360 g/mol. The summed E-state index contributed by atoms with van der Waals surface area (Å²) >= 11 is 1.53. The number of halogens is 1. The van der Waals surface area contributed by atoms with Crippen LogP contribution >= 0.6 is 11.9 Å². The number of hydrogen-bond donors (Lipinski definition) is 2. The van der Waals surface area contributed by atoms with Gasteiger partial charge in [0.15, 0.2) is 0 Å². The van der Waals surface area contributed by atoms with Crippen molar-refractivity contribution >= 4 is 23.5 Å².